The van der Waals surface area contributed by atoms with Crippen molar-refractivity contribution in [2.24, 2.45) is 0 Å². The number of carbonyl (C=O) groups is 1. The standard InChI is InChI=1S/C8H15NO4/c1-4-8(12)7(9-5(2)10)6(11)3-13-4/h4,6-8,11-12H,3H2,1-2H3,(H,9,10)/t4-,6+,7+,8-/m1/s1. The molecule has 0 aromatic carbocycles. The molecule has 0 bridgehead atoms. The van der Waals surface area contributed by atoms with Crippen molar-refractivity contribution in [1.82, 2.24) is 5.32 Å². The van der Waals surface area contributed by atoms with Crippen molar-refractivity contribution in [1.29, 1.82) is 0 Å². The van der Waals surface area contributed by atoms with Gasteiger partial charge in [-0.1, -0.05) is 0 Å². The summed E-state index contributed by atoms with van der Waals surface area (Å²) in [5.74, 6) is -0.266. The van der Waals surface area contributed by atoms with Crippen LogP contribution in [0.5, 0.6) is 0 Å². The molecule has 0 saturated carbocycles. The number of carbonyl (C=O) groups excluding carboxylic acids is 1. The molecule has 1 heterocycles. The Morgan fingerprint density at radius 1 is 1.54 bits per heavy atom. The molecule has 76 valence electrons. The molecule has 1 rings (SSSR count). The van der Waals surface area contributed by atoms with Gasteiger partial charge in [-0.05, 0) is 6.92 Å². The number of aliphatic hydroxyl groups is 2. The Balaban J connectivity index is 2.60. The Morgan fingerprint density at radius 3 is 2.69 bits per heavy atom. The first-order chi connectivity index (χ1) is 6.02. The maximum absolute atomic E-state index is 10.7. The van der Waals surface area contributed by atoms with E-state index in [2.05, 4.69) is 5.32 Å². The van der Waals surface area contributed by atoms with Crippen LogP contribution in [0.2, 0.25) is 0 Å². The van der Waals surface area contributed by atoms with E-state index in [-0.39, 0.29) is 18.6 Å². The molecule has 13 heavy (non-hydrogen) atoms. The smallest absolute Gasteiger partial charge is 0.217 e. The highest BCUT2D eigenvalue weighted by Gasteiger charge is 2.36. The van der Waals surface area contributed by atoms with Gasteiger partial charge in [0, 0.05) is 6.92 Å². The molecule has 0 spiro atoms. The molecule has 5 heteroatoms. The quantitative estimate of drug-likeness (QED) is 0.475. The summed E-state index contributed by atoms with van der Waals surface area (Å²) in [6, 6.07) is -0.624. The van der Waals surface area contributed by atoms with E-state index < -0.39 is 18.2 Å². The van der Waals surface area contributed by atoms with Crippen molar-refractivity contribution in [3.05, 3.63) is 0 Å². The van der Waals surface area contributed by atoms with E-state index in [1.54, 1.807) is 6.92 Å². The molecular weight excluding hydrogens is 174 g/mol. The summed E-state index contributed by atoms with van der Waals surface area (Å²) in [6.45, 7) is 3.19. The third-order valence-corrected chi connectivity index (χ3v) is 2.16. The number of nitrogens with one attached hydrogen (secondary N) is 1. The van der Waals surface area contributed by atoms with Gasteiger partial charge in [-0.25, -0.2) is 0 Å². The summed E-state index contributed by atoms with van der Waals surface area (Å²) in [4.78, 5) is 10.7. The van der Waals surface area contributed by atoms with Crippen LogP contribution < -0.4 is 5.32 Å². The van der Waals surface area contributed by atoms with Gasteiger partial charge in [0.1, 0.15) is 12.2 Å². The van der Waals surface area contributed by atoms with E-state index in [9.17, 15) is 15.0 Å². The maximum atomic E-state index is 10.7. The lowest BCUT2D eigenvalue weighted by Gasteiger charge is -2.36. The van der Waals surface area contributed by atoms with E-state index in [4.69, 9.17) is 4.74 Å². The van der Waals surface area contributed by atoms with Gasteiger partial charge in [0.2, 0.25) is 5.91 Å². The number of hydrogen-bond donors (Lipinski definition) is 3. The summed E-state index contributed by atoms with van der Waals surface area (Å²) in [5, 5.41) is 21.5. The number of hydrogen-bond acceptors (Lipinski definition) is 4. The minimum Gasteiger partial charge on any atom is -0.388 e. The molecule has 0 aromatic rings. The second-order valence-corrected chi connectivity index (χ2v) is 3.32. The monoisotopic (exact) mass is 189 g/mol. The van der Waals surface area contributed by atoms with E-state index in [0.717, 1.165) is 0 Å². The van der Waals surface area contributed by atoms with Crippen LogP contribution in [0.25, 0.3) is 0 Å². The Morgan fingerprint density at radius 2 is 2.15 bits per heavy atom. The lowest BCUT2D eigenvalue weighted by atomic mass is 9.98. The maximum Gasteiger partial charge on any atom is 0.217 e. The van der Waals surface area contributed by atoms with Gasteiger partial charge >= 0.3 is 0 Å². The predicted octanol–water partition coefficient (Wildman–Crippen LogP) is -1.37. The van der Waals surface area contributed by atoms with Crippen molar-refractivity contribution in [3.8, 4) is 0 Å². The minimum atomic E-state index is -0.854. The molecule has 0 aliphatic carbocycles. The van der Waals surface area contributed by atoms with E-state index in [1.807, 2.05) is 0 Å². The predicted molar refractivity (Wildman–Crippen MR) is 45.0 cm³/mol. The Bertz CT molecular complexity index is 197. The van der Waals surface area contributed by atoms with Crippen LogP contribution in [0.4, 0.5) is 0 Å². The zero-order chi connectivity index (χ0) is 10.0. The molecule has 3 N–H and O–H groups in total. The molecule has 4 atom stereocenters. The van der Waals surface area contributed by atoms with Crippen molar-refractivity contribution in [2.45, 2.75) is 38.2 Å². The second-order valence-electron chi connectivity index (χ2n) is 3.32. The van der Waals surface area contributed by atoms with Crippen molar-refractivity contribution < 1.29 is 19.7 Å². The average molecular weight is 189 g/mol. The average Bonchev–Trinajstić information content (AvgIpc) is 2.05. The van der Waals surface area contributed by atoms with E-state index in [0.29, 0.717) is 0 Å². The van der Waals surface area contributed by atoms with Gasteiger partial charge in [0.05, 0.1) is 18.8 Å². The molecule has 1 saturated heterocycles. The van der Waals surface area contributed by atoms with Gasteiger partial charge in [0.15, 0.2) is 0 Å². The number of amides is 1. The van der Waals surface area contributed by atoms with Crippen molar-refractivity contribution >= 4 is 5.91 Å². The zero-order valence-corrected chi connectivity index (χ0v) is 7.73. The molecule has 1 aliphatic heterocycles. The Hall–Kier alpha value is -0.650. The first-order valence-corrected chi connectivity index (χ1v) is 4.27. The lowest BCUT2D eigenvalue weighted by molar-refractivity contribution is -0.144. The fraction of sp³-hybridized carbons (Fsp3) is 0.875. The molecule has 1 aliphatic rings. The first-order valence-electron chi connectivity index (χ1n) is 4.27. The van der Waals surface area contributed by atoms with Gasteiger partial charge in [0.25, 0.3) is 0 Å². The summed E-state index contributed by atoms with van der Waals surface area (Å²) in [6.07, 6.45) is -2.05. The summed E-state index contributed by atoms with van der Waals surface area (Å²) < 4.78 is 5.06. The van der Waals surface area contributed by atoms with Crippen LogP contribution in [0, 0.1) is 0 Å². The van der Waals surface area contributed by atoms with Gasteiger partial charge in [-0.2, -0.15) is 0 Å². The van der Waals surface area contributed by atoms with Crippen LogP contribution in [0.1, 0.15) is 13.8 Å². The number of aliphatic hydroxyl groups excluding tert-OH is 2. The van der Waals surface area contributed by atoms with Crippen molar-refractivity contribution in [2.75, 3.05) is 6.61 Å². The van der Waals surface area contributed by atoms with Crippen LogP contribution >= 0.6 is 0 Å². The van der Waals surface area contributed by atoms with Gasteiger partial charge < -0.3 is 20.3 Å². The van der Waals surface area contributed by atoms with E-state index >= 15 is 0 Å². The van der Waals surface area contributed by atoms with Crippen molar-refractivity contribution in [3.63, 3.8) is 0 Å². The largest absolute Gasteiger partial charge is 0.388 e. The third-order valence-electron chi connectivity index (χ3n) is 2.16. The lowest BCUT2D eigenvalue weighted by Crippen LogP contribution is -2.59. The highest BCUT2D eigenvalue weighted by molar-refractivity contribution is 5.73. The number of rotatable bonds is 1. The summed E-state index contributed by atoms with van der Waals surface area (Å²) in [5.41, 5.74) is 0. The minimum absolute atomic E-state index is 0.142. The van der Waals surface area contributed by atoms with Crippen LogP contribution in [-0.2, 0) is 9.53 Å². The SMILES string of the molecule is CC(=O)N[C@@H]1[C@H](O)[C@@H](C)OC[C@@H]1O. The Kier molecular flexibility index (Phi) is 3.24. The summed E-state index contributed by atoms with van der Waals surface area (Å²) in [7, 11) is 0. The molecule has 0 unspecified atom stereocenters. The molecular formula is C8H15NO4. The fourth-order valence-corrected chi connectivity index (χ4v) is 1.39. The Labute approximate surface area is 76.7 Å². The summed E-state index contributed by atoms with van der Waals surface area (Å²) >= 11 is 0. The van der Waals surface area contributed by atoms with Crippen LogP contribution in [-0.4, -0.2) is 47.1 Å². The van der Waals surface area contributed by atoms with E-state index in [1.165, 1.54) is 6.92 Å². The van der Waals surface area contributed by atoms with Crippen LogP contribution in [0.3, 0.4) is 0 Å². The van der Waals surface area contributed by atoms with Gasteiger partial charge in [-0.15, -0.1) is 0 Å². The number of ether oxygens (including phenoxy) is 1. The molecule has 0 radical (unpaired) electrons. The second kappa shape index (κ2) is 4.04. The molecule has 0 aromatic heterocycles. The first kappa shape index (κ1) is 10.4. The zero-order valence-electron chi connectivity index (χ0n) is 7.73. The topological polar surface area (TPSA) is 78.8 Å². The third kappa shape index (κ3) is 2.40. The molecule has 5 nitrogen and oxygen atoms in total. The highest BCUT2D eigenvalue weighted by Crippen LogP contribution is 2.14. The molecule has 1 fully saturated rings. The molecule has 1 amide bonds. The normalized spacial score (nSPS) is 40.0. The van der Waals surface area contributed by atoms with Crippen LogP contribution in [0.15, 0.2) is 0 Å². The van der Waals surface area contributed by atoms with Gasteiger partial charge in [-0.3, -0.25) is 4.79 Å². The fourth-order valence-electron chi connectivity index (χ4n) is 1.39. The highest BCUT2D eigenvalue weighted by atomic mass is 16.5.